The second kappa shape index (κ2) is 6.83. The van der Waals surface area contributed by atoms with Gasteiger partial charge in [0.25, 0.3) is 0 Å². The molecule has 1 aliphatic carbocycles. The van der Waals surface area contributed by atoms with Crippen molar-refractivity contribution in [2.45, 2.75) is 49.5 Å². The van der Waals surface area contributed by atoms with Crippen LogP contribution in [-0.2, 0) is 17.0 Å². The Balaban J connectivity index is 1.80. The van der Waals surface area contributed by atoms with Gasteiger partial charge in [-0.05, 0) is 24.0 Å². The Bertz CT molecular complexity index is 380. The number of aliphatic carboxylic acids is 1. The molecule has 1 fully saturated rings. The Morgan fingerprint density at radius 3 is 2.33 bits per heavy atom. The van der Waals surface area contributed by atoms with Gasteiger partial charge in [0.1, 0.15) is 0 Å². The monoisotopic (exact) mass is 264 g/mol. The molecule has 0 radical (unpaired) electrons. The van der Waals surface area contributed by atoms with Crippen LogP contribution in [0.2, 0.25) is 0 Å². The third kappa shape index (κ3) is 4.37. The molecular formula is C15H20O2S. The summed E-state index contributed by atoms with van der Waals surface area (Å²) in [5.74, 6) is 0.289. The number of rotatable bonds is 5. The third-order valence-corrected chi connectivity index (χ3v) is 4.86. The molecule has 98 valence electrons. The van der Waals surface area contributed by atoms with Crippen molar-refractivity contribution in [2.24, 2.45) is 0 Å². The average molecular weight is 264 g/mol. The number of hydrogen-bond acceptors (Lipinski definition) is 2. The van der Waals surface area contributed by atoms with E-state index in [-0.39, 0.29) is 6.42 Å². The molecule has 0 heterocycles. The molecule has 0 amide bonds. The van der Waals surface area contributed by atoms with Gasteiger partial charge in [-0.3, -0.25) is 4.79 Å². The van der Waals surface area contributed by atoms with Crippen molar-refractivity contribution in [3.63, 3.8) is 0 Å². The molecule has 0 spiro atoms. The van der Waals surface area contributed by atoms with E-state index in [2.05, 4.69) is 23.9 Å². The van der Waals surface area contributed by atoms with Crippen LogP contribution in [-0.4, -0.2) is 16.3 Å². The maximum atomic E-state index is 10.6. The lowest BCUT2D eigenvalue weighted by atomic mass is 10.0. The van der Waals surface area contributed by atoms with E-state index in [4.69, 9.17) is 5.11 Å². The van der Waals surface area contributed by atoms with Crippen molar-refractivity contribution in [1.82, 2.24) is 0 Å². The summed E-state index contributed by atoms with van der Waals surface area (Å²) >= 11 is 2.05. The first-order chi connectivity index (χ1) is 8.74. The van der Waals surface area contributed by atoms with Gasteiger partial charge in [0.05, 0.1) is 6.42 Å². The van der Waals surface area contributed by atoms with E-state index in [1.807, 2.05) is 12.1 Å². The summed E-state index contributed by atoms with van der Waals surface area (Å²) in [4.78, 5) is 10.6. The lowest BCUT2D eigenvalue weighted by molar-refractivity contribution is -0.136. The zero-order valence-corrected chi connectivity index (χ0v) is 11.4. The molecule has 0 bridgehead atoms. The molecular weight excluding hydrogens is 244 g/mol. The van der Waals surface area contributed by atoms with Crippen molar-refractivity contribution in [3.8, 4) is 0 Å². The van der Waals surface area contributed by atoms with Gasteiger partial charge in [0, 0.05) is 11.0 Å². The minimum absolute atomic E-state index is 0.121. The van der Waals surface area contributed by atoms with E-state index in [0.29, 0.717) is 0 Å². The molecule has 1 aromatic rings. The smallest absolute Gasteiger partial charge is 0.307 e. The van der Waals surface area contributed by atoms with Crippen molar-refractivity contribution in [3.05, 3.63) is 35.4 Å². The van der Waals surface area contributed by atoms with Crippen LogP contribution < -0.4 is 0 Å². The lowest BCUT2D eigenvalue weighted by Gasteiger charge is -2.20. The van der Waals surface area contributed by atoms with Gasteiger partial charge in [0.15, 0.2) is 0 Å². The van der Waals surface area contributed by atoms with Crippen LogP contribution in [0.5, 0.6) is 0 Å². The van der Waals surface area contributed by atoms with E-state index in [1.165, 1.54) is 37.7 Å². The van der Waals surface area contributed by atoms with Gasteiger partial charge in [-0.1, -0.05) is 43.5 Å². The average Bonchev–Trinajstić information content (AvgIpc) is 2.38. The molecule has 0 aliphatic heterocycles. The first kappa shape index (κ1) is 13.5. The van der Waals surface area contributed by atoms with Crippen molar-refractivity contribution in [2.75, 3.05) is 0 Å². The highest BCUT2D eigenvalue weighted by Crippen LogP contribution is 2.30. The fourth-order valence-corrected chi connectivity index (χ4v) is 3.66. The van der Waals surface area contributed by atoms with E-state index < -0.39 is 5.97 Å². The minimum Gasteiger partial charge on any atom is -0.481 e. The van der Waals surface area contributed by atoms with Crippen LogP contribution in [0, 0.1) is 0 Å². The highest BCUT2D eigenvalue weighted by Gasteiger charge is 2.13. The summed E-state index contributed by atoms with van der Waals surface area (Å²) in [5.41, 5.74) is 2.19. The van der Waals surface area contributed by atoms with Gasteiger partial charge >= 0.3 is 5.97 Å². The van der Waals surface area contributed by atoms with Crippen LogP contribution >= 0.6 is 11.8 Å². The first-order valence-electron chi connectivity index (χ1n) is 6.65. The van der Waals surface area contributed by atoms with Gasteiger partial charge in [-0.25, -0.2) is 0 Å². The van der Waals surface area contributed by atoms with E-state index in [9.17, 15) is 4.79 Å². The zero-order chi connectivity index (χ0) is 12.8. The molecule has 1 saturated carbocycles. The quantitative estimate of drug-likeness (QED) is 0.877. The number of carboxylic acids is 1. The predicted octanol–water partition coefficient (Wildman–Crippen LogP) is 3.88. The molecule has 2 nitrogen and oxygen atoms in total. The van der Waals surface area contributed by atoms with Crippen LogP contribution in [0.3, 0.4) is 0 Å². The fourth-order valence-electron chi connectivity index (χ4n) is 2.37. The Morgan fingerprint density at radius 1 is 1.11 bits per heavy atom. The second-order valence-corrected chi connectivity index (χ2v) is 6.25. The number of carbonyl (C=O) groups is 1. The van der Waals surface area contributed by atoms with Gasteiger partial charge in [-0.15, -0.1) is 0 Å². The normalized spacial score (nSPS) is 16.7. The van der Waals surface area contributed by atoms with E-state index in [1.54, 1.807) is 0 Å². The third-order valence-electron chi connectivity index (χ3n) is 3.42. The topological polar surface area (TPSA) is 37.3 Å². The summed E-state index contributed by atoms with van der Waals surface area (Å²) in [5, 5.41) is 9.54. The molecule has 1 aliphatic rings. The maximum Gasteiger partial charge on any atom is 0.307 e. The minimum atomic E-state index is -0.765. The number of benzene rings is 1. The van der Waals surface area contributed by atoms with Crippen LogP contribution in [0.25, 0.3) is 0 Å². The SMILES string of the molecule is O=C(O)Cc1ccc(CSC2CCCCC2)cc1. The number of thioether (sulfide) groups is 1. The molecule has 2 rings (SSSR count). The van der Waals surface area contributed by atoms with Crippen molar-refractivity contribution < 1.29 is 9.90 Å². The molecule has 3 heteroatoms. The van der Waals surface area contributed by atoms with Crippen LogP contribution in [0.4, 0.5) is 0 Å². The summed E-state index contributed by atoms with van der Waals surface area (Å²) in [6.45, 7) is 0. The fraction of sp³-hybridized carbons (Fsp3) is 0.533. The number of carboxylic acid groups (broad SMARTS) is 1. The van der Waals surface area contributed by atoms with Crippen molar-refractivity contribution >= 4 is 17.7 Å². The Hall–Kier alpha value is -0.960. The second-order valence-electron chi connectivity index (χ2n) is 4.96. The lowest BCUT2D eigenvalue weighted by Crippen LogP contribution is -2.08. The molecule has 0 aromatic heterocycles. The zero-order valence-electron chi connectivity index (χ0n) is 10.6. The predicted molar refractivity (Wildman–Crippen MR) is 75.9 cm³/mol. The Labute approximate surface area is 113 Å². The maximum absolute atomic E-state index is 10.6. The molecule has 0 atom stereocenters. The van der Waals surface area contributed by atoms with E-state index >= 15 is 0 Å². The Morgan fingerprint density at radius 2 is 1.72 bits per heavy atom. The molecule has 0 saturated heterocycles. The summed E-state index contributed by atoms with van der Waals surface area (Å²) in [7, 11) is 0. The van der Waals surface area contributed by atoms with Gasteiger partial charge < -0.3 is 5.11 Å². The molecule has 0 unspecified atom stereocenters. The van der Waals surface area contributed by atoms with Crippen molar-refractivity contribution in [1.29, 1.82) is 0 Å². The standard InChI is InChI=1S/C15H20O2S/c16-15(17)10-12-6-8-13(9-7-12)11-18-14-4-2-1-3-5-14/h6-9,14H,1-5,10-11H2,(H,16,17). The Kier molecular flexibility index (Phi) is 5.12. The largest absolute Gasteiger partial charge is 0.481 e. The van der Waals surface area contributed by atoms with E-state index in [0.717, 1.165) is 16.6 Å². The molecule has 1 aromatic carbocycles. The number of hydrogen-bond donors (Lipinski definition) is 1. The van der Waals surface area contributed by atoms with Gasteiger partial charge in [0.2, 0.25) is 0 Å². The summed E-state index contributed by atoms with van der Waals surface area (Å²) in [6.07, 6.45) is 7.02. The molecule has 18 heavy (non-hydrogen) atoms. The van der Waals surface area contributed by atoms with Crippen LogP contribution in [0.1, 0.15) is 43.2 Å². The first-order valence-corrected chi connectivity index (χ1v) is 7.70. The highest BCUT2D eigenvalue weighted by atomic mass is 32.2. The van der Waals surface area contributed by atoms with Gasteiger partial charge in [-0.2, -0.15) is 11.8 Å². The summed E-state index contributed by atoms with van der Waals surface area (Å²) in [6, 6.07) is 8.00. The van der Waals surface area contributed by atoms with Crippen LogP contribution in [0.15, 0.2) is 24.3 Å². The highest BCUT2D eigenvalue weighted by molar-refractivity contribution is 7.99. The molecule has 1 N–H and O–H groups in total. The summed E-state index contributed by atoms with van der Waals surface area (Å²) < 4.78 is 0.